The number of amides is 1. The van der Waals surface area contributed by atoms with Crippen LogP contribution in [-0.4, -0.2) is 37.3 Å². The van der Waals surface area contributed by atoms with Crippen LogP contribution in [0.1, 0.15) is 30.9 Å². The molecule has 1 heterocycles. The van der Waals surface area contributed by atoms with E-state index in [1.54, 1.807) is 36.4 Å². The van der Waals surface area contributed by atoms with E-state index in [-0.39, 0.29) is 11.4 Å². The summed E-state index contributed by atoms with van der Waals surface area (Å²) < 4.78 is 28.7. The van der Waals surface area contributed by atoms with Gasteiger partial charge in [-0.3, -0.25) is 14.4 Å². The fraction of sp³-hybridized carbons (Fsp3) is 0.286. The predicted octanol–water partition coefficient (Wildman–Crippen LogP) is 4.53. The van der Waals surface area contributed by atoms with Gasteiger partial charge in [-0.1, -0.05) is 66.8 Å². The molecule has 10 heteroatoms. The maximum Gasteiger partial charge on any atom is 0.264 e. The molecule has 0 atom stereocenters. The summed E-state index contributed by atoms with van der Waals surface area (Å²) in [6, 6.07) is 13.8. The highest BCUT2D eigenvalue weighted by Gasteiger charge is 2.27. The molecule has 1 N–H and O–H groups in total. The van der Waals surface area contributed by atoms with Crippen molar-refractivity contribution < 1.29 is 13.2 Å². The van der Waals surface area contributed by atoms with Crippen LogP contribution in [0.3, 0.4) is 0 Å². The number of rotatable bonds is 8. The van der Waals surface area contributed by atoms with E-state index in [0.717, 1.165) is 15.4 Å². The van der Waals surface area contributed by atoms with Gasteiger partial charge in [0.2, 0.25) is 11.0 Å². The lowest BCUT2D eigenvalue weighted by Crippen LogP contribution is -2.38. The fourth-order valence-corrected chi connectivity index (χ4v) is 5.42. The van der Waals surface area contributed by atoms with Crippen molar-refractivity contribution in [3.63, 3.8) is 0 Å². The minimum atomic E-state index is -3.96. The van der Waals surface area contributed by atoms with Crippen LogP contribution >= 0.6 is 23.1 Å². The molecule has 0 radical (unpaired) electrons. The number of nitrogens with zero attached hydrogens (tertiary/aromatic N) is 3. The van der Waals surface area contributed by atoms with Crippen LogP contribution in [0, 0.1) is 6.92 Å². The Morgan fingerprint density at radius 2 is 1.74 bits per heavy atom. The zero-order valence-electron chi connectivity index (χ0n) is 17.7. The first-order chi connectivity index (χ1) is 14.7. The van der Waals surface area contributed by atoms with Gasteiger partial charge in [0, 0.05) is 0 Å². The molecule has 0 saturated heterocycles. The van der Waals surface area contributed by atoms with Crippen molar-refractivity contribution in [1.82, 2.24) is 10.2 Å². The van der Waals surface area contributed by atoms with Crippen LogP contribution in [0.5, 0.6) is 0 Å². The Morgan fingerprint density at radius 1 is 1.10 bits per heavy atom. The third-order valence-corrected chi connectivity index (χ3v) is 8.17. The van der Waals surface area contributed by atoms with Crippen molar-refractivity contribution in [2.45, 2.75) is 35.9 Å². The number of nitrogens with one attached hydrogen (secondary N) is 1. The lowest BCUT2D eigenvalue weighted by molar-refractivity contribution is -0.114. The van der Waals surface area contributed by atoms with E-state index in [0.29, 0.717) is 21.1 Å². The van der Waals surface area contributed by atoms with Crippen LogP contribution in [0.25, 0.3) is 0 Å². The van der Waals surface area contributed by atoms with Gasteiger partial charge in [0.1, 0.15) is 6.54 Å². The highest BCUT2D eigenvalue weighted by molar-refractivity contribution is 8.00. The van der Waals surface area contributed by atoms with Crippen molar-refractivity contribution >= 4 is 49.8 Å². The quantitative estimate of drug-likeness (QED) is 0.379. The second-order valence-corrected chi connectivity index (χ2v) is 11.1. The molecule has 0 fully saturated rings. The summed E-state index contributed by atoms with van der Waals surface area (Å²) in [7, 11) is -3.96. The summed E-state index contributed by atoms with van der Waals surface area (Å²) >= 11 is 2.66. The maximum absolute atomic E-state index is 13.4. The molecule has 1 aromatic heterocycles. The summed E-state index contributed by atoms with van der Waals surface area (Å²) in [5, 5.41) is 10.8. The number of aromatic nitrogens is 2. The third kappa shape index (κ3) is 5.63. The van der Waals surface area contributed by atoms with Gasteiger partial charge in [0.25, 0.3) is 10.0 Å². The highest BCUT2D eigenvalue weighted by atomic mass is 32.2. The second-order valence-electron chi connectivity index (χ2n) is 7.20. The fourth-order valence-electron chi connectivity index (χ4n) is 2.81. The first-order valence-corrected chi connectivity index (χ1v) is 13.1. The van der Waals surface area contributed by atoms with Crippen molar-refractivity contribution in [2.24, 2.45) is 0 Å². The number of carbonyl (C=O) groups excluding carboxylic acids is 1. The summed E-state index contributed by atoms with van der Waals surface area (Å²) in [5.41, 5.74) is 2.45. The molecule has 0 bridgehead atoms. The van der Waals surface area contributed by atoms with Gasteiger partial charge in [-0.25, -0.2) is 8.42 Å². The number of thioether (sulfide) groups is 1. The van der Waals surface area contributed by atoms with E-state index in [2.05, 4.69) is 29.4 Å². The van der Waals surface area contributed by atoms with Crippen LogP contribution in [-0.2, 0) is 14.8 Å². The number of aryl methyl sites for hydroxylation is 1. The van der Waals surface area contributed by atoms with Gasteiger partial charge in [0.15, 0.2) is 4.34 Å². The Morgan fingerprint density at radius 3 is 2.29 bits per heavy atom. The number of hydrogen-bond acceptors (Lipinski definition) is 7. The average Bonchev–Trinajstić information content (AvgIpc) is 3.19. The minimum absolute atomic E-state index is 0.124. The van der Waals surface area contributed by atoms with Crippen LogP contribution < -0.4 is 9.62 Å². The molecule has 0 aliphatic heterocycles. The molecule has 0 aliphatic carbocycles. The monoisotopic (exact) mass is 476 g/mol. The van der Waals surface area contributed by atoms with Gasteiger partial charge in [0.05, 0.1) is 10.6 Å². The molecule has 0 spiro atoms. The van der Waals surface area contributed by atoms with E-state index >= 15 is 0 Å². The molecule has 0 aliphatic rings. The number of benzene rings is 2. The first kappa shape index (κ1) is 23.2. The van der Waals surface area contributed by atoms with Gasteiger partial charge in [-0.2, -0.15) is 0 Å². The van der Waals surface area contributed by atoms with E-state index in [1.165, 1.54) is 23.1 Å². The van der Waals surface area contributed by atoms with Crippen LogP contribution in [0.4, 0.5) is 10.8 Å². The normalized spacial score (nSPS) is 11.5. The van der Waals surface area contributed by atoms with Gasteiger partial charge in [-0.15, -0.1) is 10.2 Å². The first-order valence-electron chi connectivity index (χ1n) is 9.57. The molecule has 7 nitrogen and oxygen atoms in total. The van der Waals surface area contributed by atoms with Crippen molar-refractivity contribution in [2.75, 3.05) is 22.4 Å². The topological polar surface area (TPSA) is 92.3 Å². The summed E-state index contributed by atoms with van der Waals surface area (Å²) in [6.45, 7) is 5.63. The minimum Gasteiger partial charge on any atom is -0.299 e. The van der Waals surface area contributed by atoms with Gasteiger partial charge >= 0.3 is 0 Å². The molecule has 3 aromatic rings. The van der Waals surface area contributed by atoms with Gasteiger partial charge in [-0.05, 0) is 48.9 Å². The van der Waals surface area contributed by atoms with E-state index < -0.39 is 15.9 Å². The third-order valence-electron chi connectivity index (χ3n) is 4.57. The number of anilines is 2. The van der Waals surface area contributed by atoms with E-state index in [1.807, 2.05) is 25.3 Å². The number of carbonyl (C=O) groups is 1. The zero-order valence-corrected chi connectivity index (χ0v) is 20.1. The molecule has 164 valence electrons. The lowest BCUT2D eigenvalue weighted by atomic mass is 10.0. The van der Waals surface area contributed by atoms with E-state index in [9.17, 15) is 13.2 Å². The summed E-state index contributed by atoms with van der Waals surface area (Å²) in [4.78, 5) is 12.8. The largest absolute Gasteiger partial charge is 0.299 e. The van der Waals surface area contributed by atoms with Crippen molar-refractivity contribution in [1.29, 1.82) is 0 Å². The Kier molecular flexibility index (Phi) is 7.34. The van der Waals surface area contributed by atoms with Crippen LogP contribution in [0.2, 0.25) is 0 Å². The zero-order chi connectivity index (χ0) is 22.6. The molecule has 1 amide bonds. The van der Waals surface area contributed by atoms with Crippen molar-refractivity contribution in [3.8, 4) is 0 Å². The number of hydrogen-bond donors (Lipinski definition) is 1. The highest BCUT2D eigenvalue weighted by Crippen LogP contribution is 2.27. The molecule has 0 saturated carbocycles. The Bertz CT molecular complexity index is 1140. The summed E-state index contributed by atoms with van der Waals surface area (Å²) in [6.07, 6.45) is 1.86. The SMILES string of the molecule is CSc1nnc(NC(=O)CN(c2ccc(C(C)C)cc2)S(=O)(=O)c2ccc(C)cc2)s1. The Labute approximate surface area is 191 Å². The van der Waals surface area contributed by atoms with Gasteiger partial charge < -0.3 is 0 Å². The second kappa shape index (κ2) is 9.80. The average molecular weight is 477 g/mol. The lowest BCUT2D eigenvalue weighted by Gasteiger charge is -2.24. The standard InChI is InChI=1S/C21H24N4O3S3/c1-14(2)16-7-9-17(10-8-16)25(31(27,28)18-11-5-15(3)6-12-18)13-19(26)22-20-23-24-21(29-4)30-20/h5-12,14H,13H2,1-4H3,(H,22,23,26). The summed E-state index contributed by atoms with van der Waals surface area (Å²) in [5.74, 6) is -0.185. The smallest absolute Gasteiger partial charge is 0.264 e. The predicted molar refractivity (Wildman–Crippen MR) is 127 cm³/mol. The Hall–Kier alpha value is -2.43. The van der Waals surface area contributed by atoms with E-state index in [4.69, 9.17) is 0 Å². The van der Waals surface area contributed by atoms with Crippen molar-refractivity contribution in [3.05, 3.63) is 59.7 Å². The maximum atomic E-state index is 13.4. The molecule has 2 aromatic carbocycles. The molecule has 0 unspecified atom stereocenters. The Balaban J connectivity index is 1.93. The molecular weight excluding hydrogens is 452 g/mol. The van der Waals surface area contributed by atoms with Crippen LogP contribution in [0.15, 0.2) is 57.8 Å². The molecule has 3 rings (SSSR count). The molecule has 31 heavy (non-hydrogen) atoms. The molecular formula is C21H24N4O3S3. The number of sulfonamides is 1.